The van der Waals surface area contributed by atoms with Gasteiger partial charge in [0.05, 0.1) is 34.5 Å². The van der Waals surface area contributed by atoms with Crippen molar-refractivity contribution >= 4 is 40.1 Å². The second-order valence-corrected chi connectivity index (χ2v) is 10.4. The number of halogens is 1. The van der Waals surface area contributed by atoms with Crippen LogP contribution in [0.3, 0.4) is 0 Å². The second-order valence-electron chi connectivity index (χ2n) is 10.4. The molecular weight excluding hydrogens is 455 g/mol. The van der Waals surface area contributed by atoms with E-state index >= 15 is 0 Å². The van der Waals surface area contributed by atoms with Gasteiger partial charge in [0.1, 0.15) is 5.82 Å². The Labute approximate surface area is 210 Å². The number of aromatic nitrogens is 1. The van der Waals surface area contributed by atoms with Gasteiger partial charge in [-0.15, -0.1) is 0 Å². The van der Waals surface area contributed by atoms with E-state index in [1.54, 1.807) is 6.07 Å². The highest BCUT2D eigenvalue weighted by Gasteiger charge is 2.27. The topological polar surface area (TPSA) is 78.9 Å². The molecule has 1 atom stereocenters. The number of rotatable bonds is 5. The fourth-order valence-corrected chi connectivity index (χ4v) is 5.50. The molecule has 0 radical (unpaired) electrons. The first-order chi connectivity index (χ1) is 17.5. The largest absolute Gasteiger partial charge is 0.382 e. The second kappa shape index (κ2) is 9.24. The number of hydrogen-bond acceptors (Lipinski definition) is 5. The van der Waals surface area contributed by atoms with E-state index in [-0.39, 0.29) is 17.8 Å². The summed E-state index contributed by atoms with van der Waals surface area (Å²) in [6.07, 6.45) is 6.11. The van der Waals surface area contributed by atoms with Crippen molar-refractivity contribution in [1.29, 1.82) is 0 Å². The fourth-order valence-electron chi connectivity index (χ4n) is 5.50. The molecule has 1 aromatic heterocycles. The molecule has 36 heavy (non-hydrogen) atoms. The predicted octanol–water partition coefficient (Wildman–Crippen LogP) is 4.37. The number of anilines is 2. The predicted molar refractivity (Wildman–Crippen MR) is 143 cm³/mol. The minimum absolute atomic E-state index is 0.00987. The van der Waals surface area contributed by atoms with Crippen LogP contribution in [0.15, 0.2) is 41.4 Å². The zero-order valence-corrected chi connectivity index (χ0v) is 20.7. The molecule has 1 saturated carbocycles. The summed E-state index contributed by atoms with van der Waals surface area (Å²) in [4.78, 5) is 22.3. The number of aliphatic imine (C=N–C) groups is 1. The van der Waals surface area contributed by atoms with Gasteiger partial charge < -0.3 is 25.4 Å². The number of nitrogens with one attached hydrogen (secondary N) is 1. The van der Waals surface area contributed by atoms with Crippen LogP contribution in [0.5, 0.6) is 0 Å². The molecular formula is C28H33FN6O. The molecule has 2 aliphatic heterocycles. The third kappa shape index (κ3) is 4.34. The highest BCUT2D eigenvalue weighted by molar-refractivity contribution is 6.00. The average Bonchev–Trinajstić information content (AvgIpc) is 3.62. The minimum atomic E-state index is -0.217. The lowest BCUT2D eigenvalue weighted by atomic mass is 10.0. The highest BCUT2D eigenvalue weighted by atomic mass is 19.1. The monoisotopic (exact) mass is 488 g/mol. The standard InChI is InChI=1S/C28H33FN6O/c1-33-11-9-31-24-12-19(28(36)34-10-3-4-20(30)17-34)13-25(27(24)33)32-15-21-14-22-23(29)5-2-6-26(22)35(21)16-18-7-8-18/h2,5-6,12-15,18,20,31H,3-4,7-11,16-17,30H2,1H3. The van der Waals surface area contributed by atoms with E-state index in [1.165, 1.54) is 18.9 Å². The van der Waals surface area contributed by atoms with E-state index in [9.17, 15) is 9.18 Å². The van der Waals surface area contributed by atoms with E-state index < -0.39 is 0 Å². The minimum Gasteiger partial charge on any atom is -0.382 e. The van der Waals surface area contributed by atoms with Gasteiger partial charge in [0, 0.05) is 56.8 Å². The van der Waals surface area contributed by atoms with Crippen LogP contribution in [0.1, 0.15) is 41.7 Å². The summed E-state index contributed by atoms with van der Waals surface area (Å²) in [5.74, 6) is 0.408. The number of carbonyl (C=O) groups excluding carboxylic acids is 1. The van der Waals surface area contributed by atoms with Crippen molar-refractivity contribution in [2.24, 2.45) is 16.6 Å². The molecule has 8 heteroatoms. The van der Waals surface area contributed by atoms with Crippen LogP contribution in [0.25, 0.3) is 10.9 Å². The van der Waals surface area contributed by atoms with Crippen LogP contribution in [-0.4, -0.2) is 60.9 Å². The van der Waals surface area contributed by atoms with Crippen LogP contribution in [0.4, 0.5) is 21.5 Å². The van der Waals surface area contributed by atoms with E-state index in [4.69, 9.17) is 10.7 Å². The molecule has 6 rings (SSSR count). The first-order valence-electron chi connectivity index (χ1n) is 13.0. The van der Waals surface area contributed by atoms with Gasteiger partial charge in [0.15, 0.2) is 0 Å². The molecule has 1 amide bonds. The lowest BCUT2D eigenvalue weighted by molar-refractivity contribution is 0.0709. The van der Waals surface area contributed by atoms with Crippen LogP contribution in [-0.2, 0) is 6.54 Å². The lowest BCUT2D eigenvalue weighted by Gasteiger charge is -2.33. The van der Waals surface area contributed by atoms with Gasteiger partial charge >= 0.3 is 0 Å². The van der Waals surface area contributed by atoms with Crippen molar-refractivity contribution in [1.82, 2.24) is 9.47 Å². The molecule has 3 aromatic rings. The normalized spacial score (nSPS) is 20.1. The first-order valence-corrected chi connectivity index (χ1v) is 13.0. The van der Waals surface area contributed by atoms with Crippen molar-refractivity contribution in [3.05, 3.63) is 53.5 Å². The molecule has 7 nitrogen and oxygen atoms in total. The van der Waals surface area contributed by atoms with Gasteiger partial charge in [-0.25, -0.2) is 4.39 Å². The van der Waals surface area contributed by atoms with Gasteiger partial charge in [-0.05, 0) is 61.9 Å². The number of fused-ring (bicyclic) bond motifs is 2. The molecule has 3 aliphatic rings. The van der Waals surface area contributed by atoms with Crippen molar-refractivity contribution in [3.8, 4) is 0 Å². The van der Waals surface area contributed by atoms with E-state index in [2.05, 4.69) is 14.8 Å². The fraction of sp³-hybridized carbons (Fsp3) is 0.429. The average molecular weight is 489 g/mol. The lowest BCUT2D eigenvalue weighted by Crippen LogP contribution is -2.45. The molecule has 188 valence electrons. The summed E-state index contributed by atoms with van der Waals surface area (Å²) >= 11 is 0. The molecule has 1 aliphatic carbocycles. The maximum Gasteiger partial charge on any atom is 0.254 e. The molecule has 1 saturated heterocycles. The number of likely N-dealkylation sites (N-methyl/N-ethyl adjacent to an activating group) is 1. The molecule has 0 bridgehead atoms. The van der Waals surface area contributed by atoms with E-state index in [0.717, 1.165) is 67.3 Å². The molecule has 3 heterocycles. The molecule has 2 aromatic carbocycles. The summed E-state index contributed by atoms with van der Waals surface area (Å²) in [7, 11) is 2.04. The summed E-state index contributed by atoms with van der Waals surface area (Å²) < 4.78 is 16.8. The van der Waals surface area contributed by atoms with E-state index in [0.29, 0.717) is 23.4 Å². The summed E-state index contributed by atoms with van der Waals surface area (Å²) in [5.41, 5.74) is 11.1. The zero-order valence-electron chi connectivity index (χ0n) is 20.7. The smallest absolute Gasteiger partial charge is 0.254 e. The Morgan fingerprint density at radius 2 is 2.08 bits per heavy atom. The molecule has 3 N–H and O–H groups in total. The summed E-state index contributed by atoms with van der Waals surface area (Å²) in [5, 5.41) is 4.06. The number of benzene rings is 2. The van der Waals surface area contributed by atoms with Crippen LogP contribution in [0, 0.1) is 11.7 Å². The Morgan fingerprint density at radius 3 is 2.89 bits per heavy atom. The Kier molecular flexibility index (Phi) is 5.91. The van der Waals surface area contributed by atoms with Crippen molar-refractivity contribution < 1.29 is 9.18 Å². The van der Waals surface area contributed by atoms with Gasteiger partial charge in [-0.1, -0.05) is 6.07 Å². The summed E-state index contributed by atoms with van der Waals surface area (Å²) in [6.45, 7) is 3.81. The van der Waals surface area contributed by atoms with Gasteiger partial charge in [0.2, 0.25) is 0 Å². The maximum atomic E-state index is 14.6. The summed E-state index contributed by atoms with van der Waals surface area (Å²) in [6, 6.07) is 11.0. The van der Waals surface area contributed by atoms with Gasteiger partial charge in [0.25, 0.3) is 5.91 Å². The number of amides is 1. The number of piperidine rings is 1. The number of nitrogens with zero attached hydrogens (tertiary/aromatic N) is 4. The van der Waals surface area contributed by atoms with Crippen molar-refractivity contribution in [2.45, 2.75) is 38.3 Å². The number of nitrogens with two attached hydrogens (primary N) is 1. The third-order valence-electron chi connectivity index (χ3n) is 7.62. The number of carbonyl (C=O) groups is 1. The Morgan fingerprint density at radius 1 is 1.22 bits per heavy atom. The van der Waals surface area contributed by atoms with Crippen molar-refractivity contribution in [2.75, 3.05) is 43.4 Å². The van der Waals surface area contributed by atoms with Crippen LogP contribution < -0.4 is 16.0 Å². The Bertz CT molecular complexity index is 1340. The quantitative estimate of drug-likeness (QED) is 0.523. The SMILES string of the molecule is CN1CCNc2cc(C(=O)N3CCCC(N)C3)cc(N=Cc3cc4c(F)cccc4n3CC3CC3)c21. The molecule has 1 unspecified atom stereocenters. The third-order valence-corrected chi connectivity index (χ3v) is 7.62. The Hall–Kier alpha value is -3.39. The number of likely N-dealkylation sites (tertiary alicyclic amines) is 1. The first kappa shape index (κ1) is 23.0. The highest BCUT2D eigenvalue weighted by Crippen LogP contribution is 2.40. The van der Waals surface area contributed by atoms with Crippen molar-refractivity contribution in [3.63, 3.8) is 0 Å². The maximum absolute atomic E-state index is 14.6. The van der Waals surface area contributed by atoms with E-state index in [1.807, 2.05) is 42.4 Å². The number of hydrogen-bond donors (Lipinski definition) is 2. The van der Waals surface area contributed by atoms with Crippen LogP contribution >= 0.6 is 0 Å². The van der Waals surface area contributed by atoms with Gasteiger partial charge in [-0.2, -0.15) is 0 Å². The zero-order chi connectivity index (χ0) is 24.8. The molecule has 2 fully saturated rings. The molecule has 0 spiro atoms. The Balaban J connectivity index is 1.40. The van der Waals surface area contributed by atoms with Crippen LogP contribution in [0.2, 0.25) is 0 Å². The van der Waals surface area contributed by atoms with Gasteiger partial charge in [-0.3, -0.25) is 9.79 Å².